The zero-order chi connectivity index (χ0) is 25.1. The lowest BCUT2D eigenvalue weighted by Gasteiger charge is -2.40. The zero-order valence-electron chi connectivity index (χ0n) is 18.5. The smallest absolute Gasteiger partial charge is 0.310 e. The number of piperidine rings is 1. The third-order valence-corrected chi connectivity index (χ3v) is 7.73. The molecule has 5 rings (SSSR count). The van der Waals surface area contributed by atoms with E-state index in [4.69, 9.17) is 15.5 Å². The van der Waals surface area contributed by atoms with E-state index in [0.717, 1.165) is 35.8 Å². The maximum absolute atomic E-state index is 13.0. The number of hydrogen-bond donors (Lipinski definition) is 2. The molecule has 35 heavy (non-hydrogen) atoms. The minimum absolute atomic E-state index is 0.0764. The lowest BCUT2D eigenvalue weighted by atomic mass is 9.89. The number of nitrogens with one attached hydrogen (secondary N) is 1. The third kappa shape index (κ3) is 4.66. The highest BCUT2D eigenvalue weighted by Crippen LogP contribution is 3.02. The van der Waals surface area contributed by atoms with Gasteiger partial charge in [0, 0.05) is 31.6 Å². The van der Waals surface area contributed by atoms with Crippen molar-refractivity contribution in [2.75, 3.05) is 25.4 Å². The van der Waals surface area contributed by atoms with Crippen LogP contribution in [-0.2, 0) is 4.74 Å². The van der Waals surface area contributed by atoms with E-state index in [1.54, 1.807) is 6.20 Å². The SMILES string of the molecule is Nc1cc(S(F)(F)(F)(F)F)ccc1C(=O)N1CCC(c2ccnc3[nH]c(C4CCCO4)nc23)CC1. The Hall–Kier alpha value is -2.93. The number of nitrogens with two attached hydrogens (primary N) is 1. The van der Waals surface area contributed by atoms with E-state index in [9.17, 15) is 24.2 Å². The average molecular weight is 518 g/mol. The number of anilines is 1. The van der Waals surface area contributed by atoms with Crippen LogP contribution in [0.2, 0.25) is 0 Å². The highest BCUT2D eigenvalue weighted by molar-refractivity contribution is 8.45. The molecule has 1 unspecified atom stereocenters. The van der Waals surface area contributed by atoms with E-state index in [1.807, 2.05) is 6.07 Å². The lowest BCUT2D eigenvalue weighted by molar-refractivity contribution is 0.0714. The summed E-state index contributed by atoms with van der Waals surface area (Å²) in [4.78, 5) is 24.6. The summed E-state index contributed by atoms with van der Waals surface area (Å²) in [6.45, 7) is 1.36. The van der Waals surface area contributed by atoms with Crippen LogP contribution in [0, 0.1) is 0 Å². The molecule has 0 aliphatic carbocycles. The number of aromatic nitrogens is 3. The molecule has 1 atom stereocenters. The maximum Gasteiger partial charge on any atom is 0.310 e. The summed E-state index contributed by atoms with van der Waals surface area (Å²) < 4.78 is 71.0. The second-order valence-corrected chi connectivity index (χ2v) is 11.4. The van der Waals surface area contributed by atoms with Crippen LogP contribution >= 0.6 is 10.2 Å². The first-order valence-electron chi connectivity index (χ1n) is 11.2. The molecule has 2 aliphatic heterocycles. The Morgan fingerprint density at radius 1 is 1.11 bits per heavy atom. The van der Waals surface area contributed by atoms with Crippen LogP contribution in [0.15, 0.2) is 35.4 Å². The summed E-state index contributed by atoms with van der Waals surface area (Å²) in [5.41, 5.74) is 7.17. The summed E-state index contributed by atoms with van der Waals surface area (Å²) in [6.07, 6.45) is 4.68. The number of carbonyl (C=O) groups is 1. The van der Waals surface area contributed by atoms with Gasteiger partial charge in [0.05, 0.1) is 5.56 Å². The molecule has 3 N–H and O–H groups in total. The van der Waals surface area contributed by atoms with Crippen LogP contribution in [-0.4, -0.2) is 45.5 Å². The van der Waals surface area contributed by atoms with Crippen molar-refractivity contribution in [1.29, 1.82) is 0 Å². The van der Waals surface area contributed by atoms with Crippen molar-refractivity contribution in [2.45, 2.75) is 42.6 Å². The van der Waals surface area contributed by atoms with Gasteiger partial charge in [-0.25, -0.2) is 9.97 Å². The number of amides is 1. The van der Waals surface area contributed by atoms with Gasteiger partial charge in [0.1, 0.15) is 22.3 Å². The van der Waals surface area contributed by atoms with Crippen molar-refractivity contribution in [3.63, 3.8) is 0 Å². The van der Waals surface area contributed by atoms with Crippen LogP contribution in [0.1, 0.15) is 59.5 Å². The topological polar surface area (TPSA) is 97.1 Å². The predicted octanol–water partition coefficient (Wildman–Crippen LogP) is 6.07. The third-order valence-electron chi connectivity index (χ3n) is 6.59. The summed E-state index contributed by atoms with van der Waals surface area (Å²) in [7, 11) is -9.88. The molecule has 2 aliphatic rings. The number of halogens is 5. The first-order chi connectivity index (χ1) is 16.3. The Morgan fingerprint density at radius 2 is 1.86 bits per heavy atom. The summed E-state index contributed by atoms with van der Waals surface area (Å²) in [6, 6.07) is 2.98. The minimum Gasteiger partial charge on any atom is -0.398 e. The van der Waals surface area contributed by atoms with Crippen LogP contribution in [0.4, 0.5) is 25.1 Å². The van der Waals surface area contributed by atoms with Crippen molar-refractivity contribution in [1.82, 2.24) is 19.9 Å². The van der Waals surface area contributed by atoms with E-state index in [1.165, 1.54) is 4.90 Å². The van der Waals surface area contributed by atoms with Crippen molar-refractivity contribution in [2.24, 2.45) is 0 Å². The highest BCUT2D eigenvalue weighted by atomic mass is 32.5. The number of pyridine rings is 1. The quantitative estimate of drug-likeness (QED) is 0.324. The molecule has 0 spiro atoms. The van der Waals surface area contributed by atoms with Crippen molar-refractivity contribution >= 4 is 33.0 Å². The Morgan fingerprint density at radius 3 is 2.49 bits per heavy atom. The minimum atomic E-state index is -9.88. The first kappa shape index (κ1) is 23.8. The number of nitrogens with zero attached hydrogens (tertiary/aromatic N) is 3. The van der Waals surface area contributed by atoms with E-state index in [-0.39, 0.29) is 29.7 Å². The van der Waals surface area contributed by atoms with Gasteiger partial charge >= 0.3 is 10.2 Å². The molecule has 4 heterocycles. The van der Waals surface area contributed by atoms with E-state index < -0.39 is 26.7 Å². The second-order valence-electron chi connectivity index (χ2n) is 9.01. The molecule has 0 saturated carbocycles. The number of benzene rings is 1. The van der Waals surface area contributed by atoms with Gasteiger partial charge in [-0.3, -0.25) is 4.79 Å². The Balaban J connectivity index is 1.31. The highest BCUT2D eigenvalue weighted by Gasteiger charge is 2.65. The fraction of sp³-hybridized carbons (Fsp3) is 0.409. The number of imidazole rings is 1. The number of hydrogen-bond acceptors (Lipinski definition) is 5. The molecular weight excluding hydrogens is 493 g/mol. The van der Waals surface area contributed by atoms with Crippen LogP contribution < -0.4 is 5.73 Å². The van der Waals surface area contributed by atoms with Gasteiger partial charge in [0.15, 0.2) is 5.65 Å². The normalized spacial score (nSPS) is 21.7. The first-order valence-corrected chi connectivity index (χ1v) is 13.1. The van der Waals surface area contributed by atoms with Crippen LogP contribution in [0.3, 0.4) is 0 Å². The fourth-order valence-corrected chi connectivity index (χ4v) is 5.44. The standard InChI is InChI=1S/C22H24F5N5O2S/c23-35(24,25,26,27)14-3-4-16(17(28)12-14)22(33)32-9-6-13(7-10-32)15-5-8-29-21-19(15)30-20(31-21)18-2-1-11-34-18/h3-5,8,12-13,18H,1-2,6-7,9-11,28H2,(H,29,30,31). The fourth-order valence-electron chi connectivity index (χ4n) is 4.76. The van der Waals surface area contributed by atoms with Crippen LogP contribution in [0.5, 0.6) is 0 Å². The summed E-state index contributed by atoms with van der Waals surface area (Å²) in [5, 5.41) is 0. The molecule has 3 aromatic rings. The van der Waals surface area contributed by atoms with Crippen molar-refractivity contribution in [3.8, 4) is 0 Å². The Bertz CT molecular complexity index is 1300. The van der Waals surface area contributed by atoms with E-state index >= 15 is 0 Å². The van der Waals surface area contributed by atoms with Gasteiger partial charge in [-0.15, -0.1) is 0 Å². The molecule has 1 amide bonds. The number of fused-ring (bicyclic) bond motifs is 1. The monoisotopic (exact) mass is 517 g/mol. The zero-order valence-corrected chi connectivity index (χ0v) is 19.3. The molecule has 2 fully saturated rings. The second kappa shape index (κ2) is 7.53. The van der Waals surface area contributed by atoms with Gasteiger partial charge in [0.25, 0.3) is 5.91 Å². The molecule has 190 valence electrons. The molecule has 2 aromatic heterocycles. The van der Waals surface area contributed by atoms with Gasteiger partial charge in [-0.1, -0.05) is 19.4 Å². The van der Waals surface area contributed by atoms with Crippen molar-refractivity contribution in [3.05, 3.63) is 47.4 Å². The summed E-state index contributed by atoms with van der Waals surface area (Å²) >= 11 is 0. The molecule has 2 saturated heterocycles. The molecule has 0 bridgehead atoms. The predicted molar refractivity (Wildman–Crippen MR) is 122 cm³/mol. The number of H-pyrrole nitrogens is 1. The molecule has 1 aromatic carbocycles. The van der Waals surface area contributed by atoms with E-state index in [2.05, 4.69) is 9.97 Å². The number of aromatic amines is 1. The average Bonchev–Trinajstić information content (AvgIpc) is 3.47. The van der Waals surface area contributed by atoms with Gasteiger partial charge < -0.3 is 20.4 Å². The Labute approximate surface area is 197 Å². The van der Waals surface area contributed by atoms with Gasteiger partial charge in [-0.05, 0) is 61.4 Å². The molecular formula is C22H24F5N5O2S. The number of rotatable bonds is 4. The Kier molecular flexibility index (Phi) is 5.12. The van der Waals surface area contributed by atoms with Gasteiger partial charge in [-0.2, -0.15) is 0 Å². The lowest BCUT2D eigenvalue weighted by Crippen LogP contribution is -2.38. The summed E-state index contributed by atoms with van der Waals surface area (Å²) in [5.74, 6) is 0.253. The number of ether oxygens (including phenoxy) is 1. The van der Waals surface area contributed by atoms with Gasteiger partial charge in [0.2, 0.25) is 0 Å². The largest absolute Gasteiger partial charge is 0.398 e. The number of likely N-dealkylation sites (tertiary alicyclic amines) is 1. The number of nitrogen functional groups attached to an aromatic ring is 1. The van der Waals surface area contributed by atoms with E-state index in [0.29, 0.717) is 38.2 Å². The van der Waals surface area contributed by atoms with Crippen LogP contribution in [0.25, 0.3) is 11.2 Å². The molecule has 13 heteroatoms. The van der Waals surface area contributed by atoms with Crippen molar-refractivity contribution < 1.29 is 29.0 Å². The number of carbonyl (C=O) groups excluding carboxylic acids is 1. The molecule has 7 nitrogen and oxygen atoms in total. The maximum atomic E-state index is 13.0. The molecule has 0 radical (unpaired) electrons.